The fourth-order valence-corrected chi connectivity index (χ4v) is 4.18. The van der Waals surface area contributed by atoms with Crippen LogP contribution in [0.1, 0.15) is 33.6 Å². The van der Waals surface area contributed by atoms with Crippen LogP contribution in [0.25, 0.3) is 0 Å². The second-order valence-corrected chi connectivity index (χ2v) is 8.10. The maximum absolute atomic E-state index is 13.0. The highest BCUT2D eigenvalue weighted by Crippen LogP contribution is 2.23. The summed E-state index contributed by atoms with van der Waals surface area (Å²) in [6.45, 7) is 6.06. The van der Waals surface area contributed by atoms with Gasteiger partial charge in [0, 0.05) is 36.5 Å². The minimum atomic E-state index is -0.0518. The highest BCUT2D eigenvalue weighted by molar-refractivity contribution is 7.16. The maximum Gasteiger partial charge on any atom is 0.254 e. The first-order valence-electron chi connectivity index (χ1n) is 8.58. The molecule has 0 N–H and O–H groups in total. The third kappa shape index (κ3) is 4.54. The topological polar surface area (TPSA) is 40.6 Å². The van der Waals surface area contributed by atoms with Gasteiger partial charge >= 0.3 is 0 Å². The molecule has 2 aromatic rings. The summed E-state index contributed by atoms with van der Waals surface area (Å²) in [7, 11) is 0. The van der Waals surface area contributed by atoms with Gasteiger partial charge in [-0.2, -0.15) is 0 Å². The van der Waals surface area contributed by atoms with Crippen LogP contribution in [0.2, 0.25) is 4.34 Å². The van der Waals surface area contributed by atoms with E-state index in [0.717, 1.165) is 23.4 Å². The van der Waals surface area contributed by atoms with Crippen molar-refractivity contribution in [2.75, 3.05) is 13.1 Å². The van der Waals surface area contributed by atoms with E-state index in [2.05, 4.69) is 6.58 Å². The van der Waals surface area contributed by atoms with Gasteiger partial charge < -0.3 is 9.80 Å². The Labute approximate surface area is 162 Å². The maximum atomic E-state index is 13.0. The van der Waals surface area contributed by atoms with Crippen LogP contribution in [-0.4, -0.2) is 34.7 Å². The van der Waals surface area contributed by atoms with E-state index in [1.807, 2.05) is 41.3 Å². The third-order valence-electron chi connectivity index (χ3n) is 4.33. The zero-order valence-electron chi connectivity index (χ0n) is 14.5. The lowest BCUT2D eigenvalue weighted by molar-refractivity contribution is -0.128. The second-order valence-electron chi connectivity index (χ2n) is 6.30. The number of halogens is 1. The molecule has 1 fully saturated rings. The summed E-state index contributed by atoms with van der Waals surface area (Å²) < 4.78 is 0.711. The van der Waals surface area contributed by atoms with E-state index in [1.54, 1.807) is 11.0 Å². The van der Waals surface area contributed by atoms with Gasteiger partial charge in [-0.15, -0.1) is 17.9 Å². The molecule has 1 aromatic heterocycles. The molecular formula is C20H21ClN2O2S. The molecule has 3 rings (SSSR count). The minimum absolute atomic E-state index is 0.0518. The zero-order valence-corrected chi connectivity index (χ0v) is 16.1. The average Bonchev–Trinajstić information content (AvgIpc) is 3.22. The van der Waals surface area contributed by atoms with Crippen molar-refractivity contribution in [1.29, 1.82) is 0 Å². The first kappa shape index (κ1) is 18.7. The molecule has 0 bridgehead atoms. The Morgan fingerprint density at radius 2 is 2.19 bits per heavy atom. The zero-order chi connectivity index (χ0) is 18.5. The number of thiophene rings is 1. The fourth-order valence-electron chi connectivity index (χ4n) is 3.08. The smallest absolute Gasteiger partial charge is 0.254 e. The van der Waals surface area contributed by atoms with E-state index in [9.17, 15) is 9.59 Å². The summed E-state index contributed by atoms with van der Waals surface area (Å²) in [5.41, 5.74) is 1.60. The Kier molecular flexibility index (Phi) is 6.12. The largest absolute Gasteiger partial charge is 0.338 e. The van der Waals surface area contributed by atoms with Gasteiger partial charge in [0.2, 0.25) is 5.91 Å². The van der Waals surface area contributed by atoms with E-state index in [1.165, 1.54) is 11.3 Å². The molecule has 6 heteroatoms. The molecular weight excluding hydrogens is 368 g/mol. The summed E-state index contributed by atoms with van der Waals surface area (Å²) in [4.78, 5) is 29.4. The van der Waals surface area contributed by atoms with Gasteiger partial charge in [0.15, 0.2) is 0 Å². The summed E-state index contributed by atoms with van der Waals surface area (Å²) in [5, 5.41) is 0. The normalized spacial score (nSPS) is 13.9. The second kappa shape index (κ2) is 8.52. The van der Waals surface area contributed by atoms with Crippen LogP contribution in [0.15, 0.2) is 49.1 Å². The van der Waals surface area contributed by atoms with Gasteiger partial charge in [0.25, 0.3) is 5.91 Å². The molecule has 0 radical (unpaired) electrons. The van der Waals surface area contributed by atoms with Crippen molar-refractivity contribution in [2.45, 2.75) is 25.9 Å². The lowest BCUT2D eigenvalue weighted by atomic mass is 10.1. The van der Waals surface area contributed by atoms with Gasteiger partial charge in [-0.05, 0) is 36.2 Å². The van der Waals surface area contributed by atoms with Crippen LogP contribution in [0, 0.1) is 0 Å². The number of hydrogen-bond acceptors (Lipinski definition) is 3. The van der Waals surface area contributed by atoms with Crippen molar-refractivity contribution in [3.8, 4) is 0 Å². The quantitative estimate of drug-likeness (QED) is 0.661. The van der Waals surface area contributed by atoms with Crippen molar-refractivity contribution in [1.82, 2.24) is 9.80 Å². The van der Waals surface area contributed by atoms with Crippen molar-refractivity contribution < 1.29 is 9.59 Å². The predicted molar refractivity (Wildman–Crippen MR) is 105 cm³/mol. The molecule has 0 atom stereocenters. The molecule has 1 aliphatic rings. The monoisotopic (exact) mass is 388 g/mol. The van der Waals surface area contributed by atoms with Crippen LogP contribution in [0.5, 0.6) is 0 Å². The van der Waals surface area contributed by atoms with Gasteiger partial charge in [0.05, 0.1) is 10.9 Å². The summed E-state index contributed by atoms with van der Waals surface area (Å²) in [6, 6.07) is 11.3. The van der Waals surface area contributed by atoms with Gasteiger partial charge in [0.1, 0.15) is 0 Å². The van der Waals surface area contributed by atoms with Crippen LogP contribution >= 0.6 is 22.9 Å². The first-order valence-corrected chi connectivity index (χ1v) is 9.77. The molecule has 136 valence electrons. The van der Waals surface area contributed by atoms with E-state index in [-0.39, 0.29) is 11.8 Å². The molecule has 0 saturated carbocycles. The van der Waals surface area contributed by atoms with Crippen LogP contribution < -0.4 is 0 Å². The van der Waals surface area contributed by atoms with Crippen molar-refractivity contribution >= 4 is 34.8 Å². The molecule has 0 unspecified atom stereocenters. The minimum Gasteiger partial charge on any atom is -0.338 e. The first-order chi connectivity index (χ1) is 12.6. The number of nitrogens with zero attached hydrogens (tertiary/aromatic N) is 2. The Balaban J connectivity index is 1.74. The summed E-state index contributed by atoms with van der Waals surface area (Å²) >= 11 is 7.47. The Hall–Kier alpha value is -2.11. The SMILES string of the molecule is C=CCN(Cc1ccc(Cl)s1)C(=O)c1cccc(CN2CCCC2=O)c1. The molecule has 1 saturated heterocycles. The van der Waals surface area contributed by atoms with Crippen molar-refractivity contribution in [3.63, 3.8) is 0 Å². The van der Waals surface area contributed by atoms with Crippen molar-refractivity contribution in [2.24, 2.45) is 0 Å². The molecule has 26 heavy (non-hydrogen) atoms. The van der Waals surface area contributed by atoms with E-state index in [0.29, 0.717) is 36.0 Å². The summed E-state index contributed by atoms with van der Waals surface area (Å²) in [5.74, 6) is 0.133. The number of benzene rings is 1. The molecule has 1 aromatic carbocycles. The average molecular weight is 389 g/mol. The van der Waals surface area contributed by atoms with Gasteiger partial charge in [-0.3, -0.25) is 9.59 Å². The standard InChI is InChI=1S/C20H21ClN2O2S/c1-2-10-23(14-17-8-9-18(21)26-17)20(25)16-6-3-5-15(12-16)13-22-11-4-7-19(22)24/h2-3,5-6,8-9,12H,1,4,7,10-11,13-14H2. The number of rotatable bonds is 7. The number of likely N-dealkylation sites (tertiary alicyclic amines) is 1. The van der Waals surface area contributed by atoms with Gasteiger partial charge in [-0.1, -0.05) is 29.8 Å². The Morgan fingerprint density at radius 1 is 1.35 bits per heavy atom. The fraction of sp³-hybridized carbons (Fsp3) is 0.300. The Morgan fingerprint density at radius 3 is 2.85 bits per heavy atom. The molecule has 0 spiro atoms. The highest BCUT2D eigenvalue weighted by atomic mass is 35.5. The molecule has 2 amide bonds. The number of hydrogen-bond donors (Lipinski definition) is 0. The molecule has 4 nitrogen and oxygen atoms in total. The Bertz CT molecular complexity index is 818. The predicted octanol–water partition coefficient (Wildman–Crippen LogP) is 4.35. The molecule has 1 aliphatic heterocycles. The third-order valence-corrected chi connectivity index (χ3v) is 5.55. The number of carbonyl (C=O) groups is 2. The van der Waals surface area contributed by atoms with E-state index < -0.39 is 0 Å². The van der Waals surface area contributed by atoms with Crippen LogP contribution in [0.4, 0.5) is 0 Å². The van der Waals surface area contributed by atoms with Crippen LogP contribution in [-0.2, 0) is 17.9 Å². The molecule has 2 heterocycles. The van der Waals surface area contributed by atoms with Crippen molar-refractivity contribution in [3.05, 3.63) is 69.4 Å². The molecule has 0 aliphatic carbocycles. The number of amides is 2. The van der Waals surface area contributed by atoms with E-state index in [4.69, 9.17) is 11.6 Å². The number of carbonyl (C=O) groups excluding carboxylic acids is 2. The lowest BCUT2D eigenvalue weighted by Crippen LogP contribution is -2.30. The highest BCUT2D eigenvalue weighted by Gasteiger charge is 2.21. The van der Waals surface area contributed by atoms with Gasteiger partial charge in [-0.25, -0.2) is 0 Å². The van der Waals surface area contributed by atoms with E-state index >= 15 is 0 Å². The summed E-state index contributed by atoms with van der Waals surface area (Å²) in [6.07, 6.45) is 3.25. The lowest BCUT2D eigenvalue weighted by Gasteiger charge is -2.21. The van der Waals surface area contributed by atoms with Crippen LogP contribution in [0.3, 0.4) is 0 Å².